The standard InChI is InChI=1S/C10H12N4O3/c1-7(15)6-13(2)10-8(4-11)3-9(5-12-10)14(16)17/h3,5,7,15H,6H2,1-2H3. The fourth-order valence-electron chi connectivity index (χ4n) is 1.42. The van der Waals surface area contributed by atoms with Gasteiger partial charge in [-0.1, -0.05) is 0 Å². The summed E-state index contributed by atoms with van der Waals surface area (Å²) in [7, 11) is 1.65. The van der Waals surface area contributed by atoms with Crippen LogP contribution in [0.4, 0.5) is 11.5 Å². The second kappa shape index (κ2) is 5.23. The van der Waals surface area contributed by atoms with Gasteiger partial charge in [0.2, 0.25) is 0 Å². The first-order valence-corrected chi connectivity index (χ1v) is 4.89. The highest BCUT2D eigenvalue weighted by atomic mass is 16.6. The van der Waals surface area contributed by atoms with E-state index in [-0.39, 0.29) is 11.3 Å². The molecule has 0 radical (unpaired) electrons. The van der Waals surface area contributed by atoms with E-state index in [1.807, 2.05) is 6.07 Å². The van der Waals surface area contributed by atoms with Gasteiger partial charge in [-0.3, -0.25) is 10.1 Å². The number of anilines is 1. The van der Waals surface area contributed by atoms with Crippen LogP contribution in [0.1, 0.15) is 12.5 Å². The number of hydrogen-bond donors (Lipinski definition) is 1. The van der Waals surface area contributed by atoms with E-state index in [1.165, 1.54) is 6.07 Å². The van der Waals surface area contributed by atoms with Gasteiger partial charge in [-0.25, -0.2) is 4.98 Å². The molecular weight excluding hydrogens is 224 g/mol. The Bertz CT molecular complexity index is 467. The highest BCUT2D eigenvalue weighted by Gasteiger charge is 2.15. The first-order valence-electron chi connectivity index (χ1n) is 4.89. The minimum Gasteiger partial charge on any atom is -0.392 e. The SMILES string of the molecule is CC(O)CN(C)c1ncc([N+](=O)[O-])cc1C#N. The van der Waals surface area contributed by atoms with E-state index < -0.39 is 11.0 Å². The number of nitrogens with zero attached hydrogens (tertiary/aromatic N) is 4. The van der Waals surface area contributed by atoms with E-state index in [2.05, 4.69) is 4.98 Å². The maximum atomic E-state index is 10.5. The molecule has 0 spiro atoms. The summed E-state index contributed by atoms with van der Waals surface area (Å²) in [6, 6.07) is 3.02. The number of likely N-dealkylation sites (N-methyl/N-ethyl adjacent to an activating group) is 1. The second-order valence-electron chi connectivity index (χ2n) is 3.66. The Morgan fingerprint density at radius 3 is 2.88 bits per heavy atom. The molecule has 17 heavy (non-hydrogen) atoms. The average molecular weight is 236 g/mol. The number of rotatable bonds is 4. The molecule has 0 saturated heterocycles. The molecule has 0 aromatic carbocycles. The molecule has 1 heterocycles. The van der Waals surface area contributed by atoms with Gasteiger partial charge >= 0.3 is 0 Å². The molecule has 1 aromatic rings. The van der Waals surface area contributed by atoms with Gasteiger partial charge in [-0.15, -0.1) is 0 Å². The summed E-state index contributed by atoms with van der Waals surface area (Å²) in [6.45, 7) is 1.90. The van der Waals surface area contributed by atoms with Gasteiger partial charge in [0.05, 0.1) is 11.0 Å². The minimum atomic E-state index is -0.605. The summed E-state index contributed by atoms with van der Waals surface area (Å²) < 4.78 is 0. The van der Waals surface area contributed by atoms with Crippen molar-refractivity contribution in [1.82, 2.24) is 4.98 Å². The number of aromatic nitrogens is 1. The maximum Gasteiger partial charge on any atom is 0.289 e. The molecule has 90 valence electrons. The molecule has 1 N–H and O–H groups in total. The molecular formula is C10H12N4O3. The minimum absolute atomic E-state index is 0.113. The Morgan fingerprint density at radius 1 is 1.76 bits per heavy atom. The van der Waals surface area contributed by atoms with Crippen molar-refractivity contribution in [2.75, 3.05) is 18.5 Å². The van der Waals surface area contributed by atoms with Crippen LogP contribution in [-0.2, 0) is 0 Å². The van der Waals surface area contributed by atoms with Crippen LogP contribution in [0, 0.1) is 21.4 Å². The molecule has 1 rings (SSSR count). The summed E-state index contributed by atoms with van der Waals surface area (Å²) in [5.74, 6) is 0.319. The average Bonchev–Trinajstić information content (AvgIpc) is 2.27. The number of pyridine rings is 1. The zero-order valence-electron chi connectivity index (χ0n) is 9.49. The van der Waals surface area contributed by atoms with E-state index in [0.717, 1.165) is 6.20 Å². The van der Waals surface area contributed by atoms with E-state index in [9.17, 15) is 15.2 Å². The molecule has 1 unspecified atom stereocenters. The first kappa shape index (κ1) is 12.9. The van der Waals surface area contributed by atoms with Gasteiger partial charge in [-0.05, 0) is 6.92 Å². The third kappa shape index (κ3) is 3.12. The highest BCUT2D eigenvalue weighted by Crippen LogP contribution is 2.20. The van der Waals surface area contributed by atoms with Crippen LogP contribution < -0.4 is 4.90 Å². The number of aliphatic hydroxyl groups excluding tert-OH is 1. The predicted molar refractivity (Wildman–Crippen MR) is 60.6 cm³/mol. The Labute approximate surface area is 98.1 Å². The fourth-order valence-corrected chi connectivity index (χ4v) is 1.42. The third-order valence-corrected chi connectivity index (χ3v) is 2.08. The van der Waals surface area contributed by atoms with Crippen LogP contribution in [0.2, 0.25) is 0 Å². The summed E-state index contributed by atoms with van der Waals surface area (Å²) in [5.41, 5.74) is -0.113. The molecule has 7 heteroatoms. The molecule has 0 aliphatic heterocycles. The summed E-state index contributed by atoms with van der Waals surface area (Å²) >= 11 is 0. The Morgan fingerprint density at radius 2 is 2.41 bits per heavy atom. The van der Waals surface area contributed by atoms with Crippen LogP contribution in [-0.4, -0.2) is 34.7 Å². The van der Waals surface area contributed by atoms with Gasteiger partial charge in [-0.2, -0.15) is 5.26 Å². The van der Waals surface area contributed by atoms with Crippen molar-refractivity contribution in [2.45, 2.75) is 13.0 Å². The maximum absolute atomic E-state index is 10.5. The monoisotopic (exact) mass is 236 g/mol. The predicted octanol–water partition coefficient (Wildman–Crippen LogP) is 0.678. The topological polar surface area (TPSA) is 103 Å². The highest BCUT2D eigenvalue weighted by molar-refractivity contribution is 5.56. The number of aliphatic hydroxyl groups is 1. The van der Waals surface area contributed by atoms with E-state index in [0.29, 0.717) is 12.4 Å². The van der Waals surface area contributed by atoms with Crippen molar-refractivity contribution >= 4 is 11.5 Å². The van der Waals surface area contributed by atoms with E-state index in [1.54, 1.807) is 18.9 Å². The molecule has 0 amide bonds. The first-order chi connectivity index (χ1) is 7.95. The quantitative estimate of drug-likeness (QED) is 0.609. The van der Waals surface area contributed by atoms with Gasteiger partial charge in [0.15, 0.2) is 0 Å². The number of hydrogen-bond acceptors (Lipinski definition) is 6. The van der Waals surface area contributed by atoms with Crippen LogP contribution in [0.5, 0.6) is 0 Å². The lowest BCUT2D eigenvalue weighted by atomic mass is 10.2. The van der Waals surface area contributed by atoms with E-state index >= 15 is 0 Å². The second-order valence-corrected chi connectivity index (χ2v) is 3.66. The molecule has 0 aliphatic carbocycles. The van der Waals surface area contributed by atoms with Crippen molar-refractivity contribution in [1.29, 1.82) is 5.26 Å². The molecule has 7 nitrogen and oxygen atoms in total. The number of nitro groups is 1. The molecule has 0 fully saturated rings. The summed E-state index contributed by atoms with van der Waals surface area (Å²) in [6.07, 6.45) is 0.512. The molecule has 0 aliphatic rings. The van der Waals surface area contributed by atoms with Crippen molar-refractivity contribution in [3.63, 3.8) is 0 Å². The largest absolute Gasteiger partial charge is 0.392 e. The normalized spacial score (nSPS) is 11.6. The molecule has 1 atom stereocenters. The Hall–Kier alpha value is -2.20. The van der Waals surface area contributed by atoms with Crippen LogP contribution in [0.25, 0.3) is 0 Å². The molecule has 0 bridgehead atoms. The van der Waals surface area contributed by atoms with Crippen LogP contribution in [0.3, 0.4) is 0 Å². The third-order valence-electron chi connectivity index (χ3n) is 2.08. The lowest BCUT2D eigenvalue weighted by molar-refractivity contribution is -0.385. The smallest absolute Gasteiger partial charge is 0.289 e. The van der Waals surface area contributed by atoms with E-state index in [4.69, 9.17) is 5.26 Å². The van der Waals surface area contributed by atoms with Gasteiger partial charge in [0.1, 0.15) is 23.6 Å². The zero-order chi connectivity index (χ0) is 13.0. The van der Waals surface area contributed by atoms with Crippen LogP contribution >= 0.6 is 0 Å². The van der Waals surface area contributed by atoms with Gasteiger partial charge < -0.3 is 10.0 Å². The van der Waals surface area contributed by atoms with Gasteiger partial charge in [0, 0.05) is 19.7 Å². The fraction of sp³-hybridized carbons (Fsp3) is 0.400. The summed E-state index contributed by atoms with van der Waals surface area (Å²) in [5, 5.41) is 28.7. The Kier molecular flexibility index (Phi) is 3.96. The van der Waals surface area contributed by atoms with Crippen molar-refractivity contribution in [3.05, 3.63) is 27.9 Å². The van der Waals surface area contributed by atoms with Crippen molar-refractivity contribution < 1.29 is 10.0 Å². The van der Waals surface area contributed by atoms with Crippen LogP contribution in [0.15, 0.2) is 12.3 Å². The summed E-state index contributed by atoms with van der Waals surface area (Å²) in [4.78, 5) is 15.4. The van der Waals surface area contributed by atoms with Crippen molar-refractivity contribution in [3.8, 4) is 6.07 Å². The van der Waals surface area contributed by atoms with Gasteiger partial charge in [0.25, 0.3) is 5.69 Å². The lowest BCUT2D eigenvalue weighted by Gasteiger charge is -2.20. The lowest BCUT2D eigenvalue weighted by Crippen LogP contribution is -2.28. The molecule has 1 aromatic heterocycles. The molecule has 0 saturated carbocycles. The Balaban J connectivity index is 3.09. The van der Waals surface area contributed by atoms with Crippen molar-refractivity contribution in [2.24, 2.45) is 0 Å². The zero-order valence-corrected chi connectivity index (χ0v) is 9.49. The number of nitriles is 1.